The maximum Gasteiger partial charge on any atom is 0.411 e. The van der Waals surface area contributed by atoms with Crippen LogP contribution in [0.5, 0.6) is 0 Å². The van der Waals surface area contributed by atoms with Crippen LogP contribution in [0.25, 0.3) is 11.3 Å². The summed E-state index contributed by atoms with van der Waals surface area (Å²) < 4.78 is 15.6. The Morgan fingerprint density at radius 1 is 1.25 bits per heavy atom. The molecule has 9 heteroatoms. The first-order chi connectivity index (χ1) is 15.3. The van der Waals surface area contributed by atoms with E-state index in [0.717, 1.165) is 0 Å². The van der Waals surface area contributed by atoms with Gasteiger partial charge in [0, 0.05) is 11.3 Å². The van der Waals surface area contributed by atoms with Crippen LogP contribution in [0.15, 0.2) is 54.1 Å². The maximum absolute atomic E-state index is 12.5. The van der Waals surface area contributed by atoms with Crippen LogP contribution in [-0.4, -0.2) is 36.7 Å². The number of benzene rings is 1. The molecule has 2 aromatic rings. The molecule has 2 amide bonds. The minimum absolute atomic E-state index is 0.173. The maximum atomic E-state index is 12.5. The molecule has 1 aromatic carbocycles. The van der Waals surface area contributed by atoms with Crippen molar-refractivity contribution < 1.29 is 28.3 Å². The number of nitrogens with zero attached hydrogens (tertiary/aromatic N) is 1. The summed E-state index contributed by atoms with van der Waals surface area (Å²) in [7, 11) is 1.25. The molecule has 0 radical (unpaired) electrons. The SMILES string of the molecule is C=CCC(C(=O)OCC)c1ncc(-c2ccc(NC(=O)OC)cc2NC(=O)C(C)C=C)o1. The smallest absolute Gasteiger partial charge is 0.411 e. The third kappa shape index (κ3) is 6.07. The molecule has 0 saturated heterocycles. The number of allylic oxidation sites excluding steroid dienone is 1. The number of esters is 1. The van der Waals surface area contributed by atoms with E-state index in [1.54, 1.807) is 38.1 Å². The Kier molecular flexibility index (Phi) is 8.76. The van der Waals surface area contributed by atoms with Gasteiger partial charge in [-0.3, -0.25) is 14.9 Å². The molecule has 170 valence electrons. The number of nitrogens with one attached hydrogen (secondary N) is 2. The molecule has 9 nitrogen and oxygen atoms in total. The Morgan fingerprint density at radius 3 is 2.62 bits per heavy atom. The number of carbonyl (C=O) groups excluding carboxylic acids is 3. The van der Waals surface area contributed by atoms with Crippen LogP contribution in [-0.2, 0) is 19.1 Å². The minimum atomic E-state index is -0.736. The zero-order chi connectivity index (χ0) is 23.7. The van der Waals surface area contributed by atoms with Crippen LogP contribution >= 0.6 is 0 Å². The van der Waals surface area contributed by atoms with E-state index in [0.29, 0.717) is 29.1 Å². The van der Waals surface area contributed by atoms with Crippen molar-refractivity contribution in [3.05, 3.63) is 55.6 Å². The number of ether oxygens (including phenoxy) is 2. The molecule has 0 aliphatic heterocycles. The lowest BCUT2D eigenvalue weighted by Gasteiger charge is -2.14. The van der Waals surface area contributed by atoms with Crippen LogP contribution in [0, 0.1) is 5.92 Å². The molecule has 1 heterocycles. The minimum Gasteiger partial charge on any atom is -0.465 e. The highest BCUT2D eigenvalue weighted by molar-refractivity contribution is 5.98. The predicted molar refractivity (Wildman–Crippen MR) is 120 cm³/mol. The van der Waals surface area contributed by atoms with Gasteiger partial charge in [-0.05, 0) is 31.5 Å². The van der Waals surface area contributed by atoms with Gasteiger partial charge in [-0.2, -0.15) is 0 Å². The zero-order valence-electron chi connectivity index (χ0n) is 18.3. The highest BCUT2D eigenvalue weighted by Gasteiger charge is 2.27. The summed E-state index contributed by atoms with van der Waals surface area (Å²) >= 11 is 0. The van der Waals surface area contributed by atoms with Gasteiger partial charge in [0.1, 0.15) is 5.92 Å². The van der Waals surface area contributed by atoms with Crippen LogP contribution in [0.1, 0.15) is 32.1 Å². The molecule has 2 rings (SSSR count). The molecule has 0 fully saturated rings. The standard InChI is InChI=1S/C23H27N3O6/c1-6-9-17(22(28)31-8-3)21-24-13-19(32-21)16-11-10-15(25-23(29)30-5)12-18(16)26-20(27)14(4)7-2/h6-7,10-14,17H,1-2,8-9H2,3-5H3,(H,25,29)(H,26,27). The van der Waals surface area contributed by atoms with Gasteiger partial charge in [-0.15, -0.1) is 13.2 Å². The lowest BCUT2D eigenvalue weighted by Crippen LogP contribution is -2.19. The highest BCUT2D eigenvalue weighted by atomic mass is 16.5. The van der Waals surface area contributed by atoms with Gasteiger partial charge in [0.05, 0.1) is 31.5 Å². The Balaban J connectivity index is 2.45. The Hall–Kier alpha value is -3.88. The normalized spacial score (nSPS) is 12.2. The quantitative estimate of drug-likeness (QED) is 0.411. The second kappa shape index (κ2) is 11.5. The highest BCUT2D eigenvalue weighted by Crippen LogP contribution is 2.34. The lowest BCUT2D eigenvalue weighted by atomic mass is 10.1. The molecule has 2 N–H and O–H groups in total. The first kappa shape index (κ1) is 24.4. The van der Waals surface area contributed by atoms with Gasteiger partial charge in [0.25, 0.3) is 0 Å². The molecular weight excluding hydrogens is 414 g/mol. The third-order valence-electron chi connectivity index (χ3n) is 4.54. The van der Waals surface area contributed by atoms with E-state index in [9.17, 15) is 14.4 Å². The fraction of sp³-hybridized carbons (Fsp3) is 0.304. The van der Waals surface area contributed by atoms with Crippen LogP contribution in [0.3, 0.4) is 0 Å². The number of rotatable bonds is 10. The van der Waals surface area contributed by atoms with Gasteiger partial charge in [0.15, 0.2) is 5.76 Å². The predicted octanol–water partition coefficient (Wildman–Crippen LogP) is 4.50. The van der Waals surface area contributed by atoms with Crippen molar-refractivity contribution in [2.75, 3.05) is 24.4 Å². The first-order valence-electron chi connectivity index (χ1n) is 10.0. The van der Waals surface area contributed by atoms with E-state index in [1.165, 1.54) is 19.4 Å². The molecule has 1 aromatic heterocycles. The van der Waals surface area contributed by atoms with E-state index in [4.69, 9.17) is 9.15 Å². The molecule has 2 atom stereocenters. The molecule has 0 saturated carbocycles. The van der Waals surface area contributed by atoms with Crippen molar-refractivity contribution in [2.24, 2.45) is 5.92 Å². The molecule has 0 spiro atoms. The molecule has 0 aliphatic carbocycles. The number of hydrogen-bond acceptors (Lipinski definition) is 7. The average molecular weight is 441 g/mol. The van der Waals surface area contributed by atoms with Gasteiger partial charge in [-0.25, -0.2) is 9.78 Å². The number of aromatic nitrogens is 1. The summed E-state index contributed by atoms with van der Waals surface area (Å²) in [5.41, 5.74) is 1.28. The number of anilines is 2. The number of amides is 2. The van der Waals surface area contributed by atoms with E-state index in [-0.39, 0.29) is 18.4 Å². The van der Waals surface area contributed by atoms with E-state index in [1.807, 2.05) is 0 Å². The second-order valence-corrected chi connectivity index (χ2v) is 6.78. The van der Waals surface area contributed by atoms with Crippen molar-refractivity contribution >= 4 is 29.3 Å². The summed E-state index contributed by atoms with van der Waals surface area (Å²) in [6, 6.07) is 4.83. The Bertz CT molecular complexity index is 997. The third-order valence-corrected chi connectivity index (χ3v) is 4.54. The molecule has 0 aliphatic rings. The number of methoxy groups -OCH3 is 1. The van der Waals surface area contributed by atoms with Gasteiger partial charge < -0.3 is 19.2 Å². The topological polar surface area (TPSA) is 120 Å². The molecular formula is C23H27N3O6. The van der Waals surface area contributed by atoms with Gasteiger partial charge in [-0.1, -0.05) is 19.1 Å². The Morgan fingerprint density at radius 2 is 2.00 bits per heavy atom. The van der Waals surface area contributed by atoms with Crippen LogP contribution in [0.2, 0.25) is 0 Å². The molecule has 0 bridgehead atoms. The number of carbonyl (C=O) groups is 3. The largest absolute Gasteiger partial charge is 0.465 e. The molecule has 2 unspecified atom stereocenters. The first-order valence-corrected chi connectivity index (χ1v) is 10.0. The number of hydrogen-bond donors (Lipinski definition) is 2. The van der Waals surface area contributed by atoms with Gasteiger partial charge >= 0.3 is 12.1 Å². The fourth-order valence-corrected chi connectivity index (χ4v) is 2.74. The zero-order valence-corrected chi connectivity index (χ0v) is 18.3. The van der Waals surface area contributed by atoms with Crippen molar-refractivity contribution in [1.82, 2.24) is 4.98 Å². The van der Waals surface area contributed by atoms with E-state index in [2.05, 4.69) is 33.5 Å². The Labute approximate surface area is 186 Å². The lowest BCUT2D eigenvalue weighted by molar-refractivity contribution is -0.145. The summed E-state index contributed by atoms with van der Waals surface area (Å²) in [6.07, 6.45) is 4.19. The average Bonchev–Trinajstić information content (AvgIpc) is 3.26. The van der Waals surface area contributed by atoms with Crippen LogP contribution < -0.4 is 10.6 Å². The summed E-state index contributed by atoms with van der Waals surface area (Å²) in [6.45, 7) is 10.9. The second-order valence-electron chi connectivity index (χ2n) is 6.78. The van der Waals surface area contributed by atoms with Crippen molar-refractivity contribution in [1.29, 1.82) is 0 Å². The van der Waals surface area contributed by atoms with Gasteiger partial charge in [0.2, 0.25) is 11.8 Å². The number of oxazole rings is 1. The van der Waals surface area contributed by atoms with E-state index >= 15 is 0 Å². The summed E-state index contributed by atoms with van der Waals surface area (Å²) in [5.74, 6) is -1.46. The van der Waals surface area contributed by atoms with Crippen LogP contribution in [0.4, 0.5) is 16.2 Å². The monoisotopic (exact) mass is 441 g/mol. The summed E-state index contributed by atoms with van der Waals surface area (Å²) in [4.78, 5) is 40.6. The van der Waals surface area contributed by atoms with Crippen molar-refractivity contribution in [3.8, 4) is 11.3 Å². The van der Waals surface area contributed by atoms with Crippen molar-refractivity contribution in [3.63, 3.8) is 0 Å². The van der Waals surface area contributed by atoms with E-state index < -0.39 is 23.9 Å². The summed E-state index contributed by atoms with van der Waals surface area (Å²) in [5, 5.41) is 5.35. The molecule has 32 heavy (non-hydrogen) atoms. The van der Waals surface area contributed by atoms with Crippen molar-refractivity contribution in [2.45, 2.75) is 26.2 Å². The fourth-order valence-electron chi connectivity index (χ4n) is 2.74.